The second-order valence-electron chi connectivity index (χ2n) is 7.25. The van der Waals surface area contributed by atoms with Gasteiger partial charge in [-0.1, -0.05) is 12.1 Å². The molecule has 2 aliphatic rings. The van der Waals surface area contributed by atoms with Crippen molar-refractivity contribution < 1.29 is 14.6 Å². The predicted molar refractivity (Wildman–Crippen MR) is 116 cm³/mol. The first-order valence-corrected chi connectivity index (χ1v) is 10.9. The van der Waals surface area contributed by atoms with E-state index in [0.29, 0.717) is 13.2 Å². The number of hydrogen-bond donors (Lipinski definition) is 1. The van der Waals surface area contributed by atoms with Crippen LogP contribution in [-0.2, 0) is 4.74 Å². The monoisotopic (exact) mass is 426 g/mol. The number of fused-ring (bicyclic) bond motifs is 1. The minimum atomic E-state index is -0.988. The standard InChI is InChI=1S/C20H22N6O3S/c27-19(28)16-13-30-20(23-16)26-7-5-24(6-8-26)17-18(25-9-11-29-12-10-25)22-15-4-2-1-3-14(15)21-17/h1-4,13H,5-12H2,(H,27,28). The maximum Gasteiger partial charge on any atom is 0.355 e. The quantitative estimate of drug-likeness (QED) is 0.671. The van der Waals surface area contributed by atoms with Crippen molar-refractivity contribution in [2.24, 2.45) is 0 Å². The van der Waals surface area contributed by atoms with Gasteiger partial charge in [0, 0.05) is 44.6 Å². The highest BCUT2D eigenvalue weighted by molar-refractivity contribution is 7.13. The van der Waals surface area contributed by atoms with E-state index in [1.54, 1.807) is 5.38 Å². The number of carboxylic acid groups (broad SMARTS) is 1. The Morgan fingerprint density at radius 3 is 2.00 bits per heavy atom. The molecule has 2 aliphatic heterocycles. The van der Waals surface area contributed by atoms with Crippen LogP contribution in [-0.4, -0.2) is 78.5 Å². The summed E-state index contributed by atoms with van der Waals surface area (Å²) in [6.45, 7) is 6.04. The van der Waals surface area contributed by atoms with Crippen LogP contribution >= 0.6 is 11.3 Å². The van der Waals surface area contributed by atoms with Gasteiger partial charge in [-0.05, 0) is 12.1 Å². The fourth-order valence-corrected chi connectivity index (χ4v) is 4.65. The normalized spacial score (nSPS) is 17.5. The Kier molecular flexibility index (Phi) is 5.09. The summed E-state index contributed by atoms with van der Waals surface area (Å²) in [6.07, 6.45) is 0. The number of aromatic carboxylic acids is 1. The van der Waals surface area contributed by atoms with Crippen LogP contribution in [0.5, 0.6) is 0 Å². The molecule has 1 aromatic carbocycles. The first kappa shape index (κ1) is 19.0. The second kappa shape index (κ2) is 8.04. The first-order chi connectivity index (χ1) is 14.7. The van der Waals surface area contributed by atoms with E-state index < -0.39 is 5.97 Å². The number of thiazole rings is 1. The highest BCUT2D eigenvalue weighted by Gasteiger charge is 2.26. The van der Waals surface area contributed by atoms with E-state index >= 15 is 0 Å². The van der Waals surface area contributed by atoms with E-state index in [0.717, 1.165) is 67.1 Å². The van der Waals surface area contributed by atoms with E-state index in [2.05, 4.69) is 19.7 Å². The summed E-state index contributed by atoms with van der Waals surface area (Å²) < 4.78 is 5.52. The Labute approximate surface area is 177 Å². The number of benzene rings is 1. The molecule has 0 bridgehead atoms. The summed E-state index contributed by atoms with van der Waals surface area (Å²) in [6, 6.07) is 7.96. The summed E-state index contributed by atoms with van der Waals surface area (Å²) in [7, 11) is 0. The zero-order valence-corrected chi connectivity index (χ0v) is 17.2. The predicted octanol–water partition coefficient (Wildman–Crippen LogP) is 1.95. The maximum absolute atomic E-state index is 11.1. The zero-order valence-electron chi connectivity index (χ0n) is 16.4. The lowest BCUT2D eigenvalue weighted by Crippen LogP contribution is -2.48. The zero-order chi connectivity index (χ0) is 20.5. The highest BCUT2D eigenvalue weighted by Crippen LogP contribution is 2.30. The van der Waals surface area contributed by atoms with Crippen LogP contribution in [0.4, 0.5) is 16.8 Å². The van der Waals surface area contributed by atoms with E-state index in [-0.39, 0.29) is 5.69 Å². The highest BCUT2D eigenvalue weighted by atomic mass is 32.1. The molecule has 0 unspecified atom stereocenters. The number of aromatic nitrogens is 3. The number of para-hydroxylation sites is 2. The van der Waals surface area contributed by atoms with Gasteiger partial charge in [-0.25, -0.2) is 19.7 Å². The summed E-state index contributed by atoms with van der Waals surface area (Å²) in [4.78, 5) is 31.9. The van der Waals surface area contributed by atoms with Gasteiger partial charge < -0.3 is 24.5 Å². The fraction of sp³-hybridized carbons (Fsp3) is 0.400. The Hall–Kier alpha value is -2.98. The third kappa shape index (κ3) is 3.63. The van der Waals surface area contributed by atoms with Crippen molar-refractivity contribution in [2.45, 2.75) is 0 Å². The Balaban J connectivity index is 1.40. The van der Waals surface area contributed by atoms with Crippen LogP contribution in [0.25, 0.3) is 11.0 Å². The average molecular weight is 427 g/mol. The lowest BCUT2D eigenvalue weighted by molar-refractivity contribution is 0.0691. The molecule has 0 radical (unpaired) electrons. The number of piperazine rings is 1. The number of rotatable bonds is 4. The molecule has 0 aliphatic carbocycles. The molecule has 2 fully saturated rings. The molecule has 10 heteroatoms. The average Bonchev–Trinajstić information content (AvgIpc) is 3.30. The Bertz CT molecular complexity index is 1060. The van der Waals surface area contributed by atoms with Crippen molar-refractivity contribution in [2.75, 3.05) is 67.2 Å². The van der Waals surface area contributed by atoms with E-state index in [4.69, 9.17) is 19.8 Å². The molecule has 3 aromatic rings. The molecule has 0 amide bonds. The molecule has 4 heterocycles. The van der Waals surface area contributed by atoms with Crippen molar-refractivity contribution in [3.63, 3.8) is 0 Å². The van der Waals surface area contributed by atoms with Gasteiger partial charge in [-0.15, -0.1) is 11.3 Å². The minimum absolute atomic E-state index is 0.104. The van der Waals surface area contributed by atoms with Gasteiger partial charge in [0.05, 0.1) is 24.2 Å². The molecule has 2 saturated heterocycles. The number of morpholine rings is 1. The van der Waals surface area contributed by atoms with Crippen LogP contribution in [0, 0.1) is 0 Å². The summed E-state index contributed by atoms with van der Waals surface area (Å²) in [5.41, 5.74) is 1.88. The third-order valence-electron chi connectivity index (χ3n) is 5.41. The molecule has 30 heavy (non-hydrogen) atoms. The number of carboxylic acids is 1. The van der Waals surface area contributed by atoms with Gasteiger partial charge in [0.2, 0.25) is 0 Å². The third-order valence-corrected chi connectivity index (χ3v) is 6.31. The molecule has 156 valence electrons. The van der Waals surface area contributed by atoms with E-state index in [1.165, 1.54) is 11.3 Å². The molecular weight excluding hydrogens is 404 g/mol. The SMILES string of the molecule is O=C(O)c1csc(N2CCN(c3nc4ccccc4nc3N3CCOCC3)CC2)n1. The molecular formula is C20H22N6O3S. The molecule has 0 spiro atoms. The smallest absolute Gasteiger partial charge is 0.355 e. The number of carbonyl (C=O) groups is 1. The van der Waals surface area contributed by atoms with Crippen molar-refractivity contribution in [1.29, 1.82) is 0 Å². The van der Waals surface area contributed by atoms with E-state index in [9.17, 15) is 4.79 Å². The van der Waals surface area contributed by atoms with Gasteiger partial charge in [-0.3, -0.25) is 0 Å². The Morgan fingerprint density at radius 2 is 1.43 bits per heavy atom. The fourth-order valence-electron chi connectivity index (χ4n) is 3.80. The van der Waals surface area contributed by atoms with Crippen molar-refractivity contribution in [3.8, 4) is 0 Å². The van der Waals surface area contributed by atoms with Gasteiger partial charge >= 0.3 is 5.97 Å². The lowest BCUT2D eigenvalue weighted by Gasteiger charge is -2.37. The molecule has 5 rings (SSSR count). The lowest BCUT2D eigenvalue weighted by atomic mass is 10.2. The number of anilines is 3. The molecule has 0 saturated carbocycles. The minimum Gasteiger partial charge on any atom is -0.476 e. The Morgan fingerprint density at radius 1 is 0.867 bits per heavy atom. The maximum atomic E-state index is 11.1. The van der Waals surface area contributed by atoms with Crippen molar-refractivity contribution in [1.82, 2.24) is 15.0 Å². The molecule has 2 aromatic heterocycles. The summed E-state index contributed by atoms with van der Waals surface area (Å²) >= 11 is 1.37. The summed E-state index contributed by atoms with van der Waals surface area (Å²) in [5.74, 6) is 0.825. The van der Waals surface area contributed by atoms with Gasteiger partial charge in [0.1, 0.15) is 0 Å². The second-order valence-corrected chi connectivity index (χ2v) is 8.09. The molecule has 0 atom stereocenters. The number of hydrogen-bond acceptors (Lipinski definition) is 9. The topological polar surface area (TPSA) is 94.9 Å². The van der Waals surface area contributed by atoms with Gasteiger partial charge in [0.15, 0.2) is 22.5 Å². The first-order valence-electron chi connectivity index (χ1n) is 9.97. The van der Waals surface area contributed by atoms with Crippen LogP contribution in [0.1, 0.15) is 10.5 Å². The van der Waals surface area contributed by atoms with E-state index in [1.807, 2.05) is 24.3 Å². The molecule has 1 N–H and O–H groups in total. The van der Waals surface area contributed by atoms with Gasteiger partial charge in [0.25, 0.3) is 0 Å². The van der Waals surface area contributed by atoms with Crippen LogP contribution in [0.2, 0.25) is 0 Å². The van der Waals surface area contributed by atoms with Crippen LogP contribution in [0.15, 0.2) is 29.6 Å². The summed E-state index contributed by atoms with van der Waals surface area (Å²) in [5, 5.41) is 11.5. The van der Waals surface area contributed by atoms with Crippen LogP contribution in [0.3, 0.4) is 0 Å². The van der Waals surface area contributed by atoms with Crippen molar-refractivity contribution in [3.05, 3.63) is 35.3 Å². The van der Waals surface area contributed by atoms with Crippen molar-refractivity contribution >= 4 is 45.1 Å². The molecule has 9 nitrogen and oxygen atoms in total. The number of nitrogens with zero attached hydrogens (tertiary/aromatic N) is 6. The van der Waals surface area contributed by atoms with Gasteiger partial charge in [-0.2, -0.15) is 0 Å². The van der Waals surface area contributed by atoms with Crippen LogP contribution < -0.4 is 14.7 Å². The largest absolute Gasteiger partial charge is 0.476 e. The number of ether oxygens (including phenoxy) is 1.